The van der Waals surface area contributed by atoms with Gasteiger partial charge in [-0.15, -0.1) is 0 Å². The van der Waals surface area contributed by atoms with Crippen LogP contribution in [0.2, 0.25) is 0 Å². The summed E-state index contributed by atoms with van der Waals surface area (Å²) in [6, 6.07) is 10.5. The molecule has 1 aromatic heterocycles. The summed E-state index contributed by atoms with van der Waals surface area (Å²) in [4.78, 5) is 36.6. The number of hydrogen-bond acceptors (Lipinski definition) is 4. The lowest BCUT2D eigenvalue weighted by Gasteiger charge is -2.44. The number of pyridine rings is 1. The second kappa shape index (κ2) is 9.27. The van der Waals surface area contributed by atoms with Crippen molar-refractivity contribution in [2.45, 2.75) is 108 Å². The van der Waals surface area contributed by atoms with E-state index < -0.39 is 5.54 Å². The third kappa shape index (κ3) is 3.70. The molecule has 202 valence electrons. The van der Waals surface area contributed by atoms with Gasteiger partial charge in [0.2, 0.25) is 11.7 Å². The van der Waals surface area contributed by atoms with Crippen LogP contribution < -0.4 is 14.7 Å². The summed E-state index contributed by atoms with van der Waals surface area (Å²) in [7, 11) is 2.10. The maximum atomic E-state index is 15.2. The van der Waals surface area contributed by atoms with Gasteiger partial charge in [-0.1, -0.05) is 39.3 Å². The zero-order valence-corrected chi connectivity index (χ0v) is 23.6. The predicted octanol–water partition coefficient (Wildman–Crippen LogP) is 5.51. The molecule has 2 aromatic rings. The van der Waals surface area contributed by atoms with Gasteiger partial charge >= 0.3 is 5.91 Å². The van der Waals surface area contributed by atoms with E-state index in [9.17, 15) is 4.79 Å². The van der Waals surface area contributed by atoms with Gasteiger partial charge in [0, 0.05) is 24.7 Å². The van der Waals surface area contributed by atoms with Crippen LogP contribution in [0.5, 0.6) is 0 Å². The van der Waals surface area contributed by atoms with Crippen LogP contribution in [-0.4, -0.2) is 42.5 Å². The van der Waals surface area contributed by atoms with Crippen molar-refractivity contribution in [3.8, 4) is 0 Å². The van der Waals surface area contributed by atoms with Crippen LogP contribution in [0.3, 0.4) is 0 Å². The molecule has 0 bridgehead atoms. The SMILES string of the molecule is CC(C)(C)c1ccc(N(C(=O)[C@H]2CCCN2)C23CCCc4ccnc(c42)[N+](C)(C2CCCCC2)C3=O)cc1. The van der Waals surface area contributed by atoms with E-state index in [-0.39, 0.29) is 33.8 Å². The summed E-state index contributed by atoms with van der Waals surface area (Å²) in [5.41, 5.74) is 3.24. The van der Waals surface area contributed by atoms with Crippen LogP contribution in [-0.2, 0) is 27.0 Å². The topological polar surface area (TPSA) is 62.3 Å². The highest BCUT2D eigenvalue weighted by Gasteiger charge is 2.69. The molecule has 1 saturated carbocycles. The summed E-state index contributed by atoms with van der Waals surface area (Å²) in [6.45, 7) is 7.45. The standard InChI is InChI=1S/C32H43N4O2/c1-31(2,3)23-14-16-24(17-15-23)35(29(37)26-13-9-20-33-26)32-19-8-10-22-18-21-34-28(27(22)32)36(4,30(32)38)25-11-6-5-7-12-25/h14-18,21,25-26,33H,5-13,19-20H2,1-4H3/q+1/t26-,32?,36?/m1/s1. The van der Waals surface area contributed by atoms with Crippen molar-refractivity contribution >= 4 is 23.3 Å². The Kier molecular flexibility index (Phi) is 6.27. The Balaban J connectivity index is 1.57. The quantitative estimate of drug-likeness (QED) is 0.546. The Labute approximate surface area is 227 Å². The lowest BCUT2D eigenvalue weighted by atomic mass is 9.76. The van der Waals surface area contributed by atoms with Gasteiger partial charge in [-0.2, -0.15) is 0 Å². The third-order valence-corrected chi connectivity index (χ3v) is 9.89. The Bertz CT molecular complexity index is 1240. The Hall–Kier alpha value is -2.57. The van der Waals surface area contributed by atoms with E-state index in [1.165, 1.54) is 17.5 Å². The van der Waals surface area contributed by atoms with Crippen molar-refractivity contribution in [1.82, 2.24) is 14.8 Å². The van der Waals surface area contributed by atoms with Gasteiger partial charge in [-0.05, 0) is 86.2 Å². The first-order chi connectivity index (χ1) is 18.2. The average molecular weight is 516 g/mol. The minimum atomic E-state index is -1.02. The molecule has 3 heterocycles. The highest BCUT2D eigenvalue weighted by Crippen LogP contribution is 2.56. The number of quaternary nitrogens is 1. The van der Waals surface area contributed by atoms with Crippen LogP contribution in [0, 0.1) is 0 Å². The second-order valence-electron chi connectivity index (χ2n) is 13.2. The highest BCUT2D eigenvalue weighted by atomic mass is 16.2. The molecule has 3 atom stereocenters. The summed E-state index contributed by atoms with van der Waals surface area (Å²) >= 11 is 0. The maximum Gasteiger partial charge on any atom is 0.351 e. The number of carbonyl (C=O) groups is 2. The molecular formula is C32H43N4O2+. The molecule has 1 saturated heterocycles. The van der Waals surface area contributed by atoms with Gasteiger partial charge < -0.3 is 5.32 Å². The molecule has 2 aliphatic carbocycles. The number of anilines is 1. The van der Waals surface area contributed by atoms with Crippen molar-refractivity contribution in [3.63, 3.8) is 0 Å². The van der Waals surface area contributed by atoms with Crippen LogP contribution in [0.25, 0.3) is 0 Å². The summed E-state index contributed by atoms with van der Waals surface area (Å²) in [5.74, 6) is 1.06. The minimum Gasteiger partial charge on any atom is -0.306 e. The maximum absolute atomic E-state index is 15.2. The average Bonchev–Trinajstić information content (AvgIpc) is 3.53. The molecule has 6 nitrogen and oxygen atoms in total. The van der Waals surface area contributed by atoms with E-state index in [0.717, 1.165) is 75.0 Å². The normalized spacial score (nSPS) is 29.4. The molecule has 0 radical (unpaired) electrons. The fourth-order valence-corrected chi connectivity index (χ4v) is 7.81. The Morgan fingerprint density at radius 2 is 1.76 bits per heavy atom. The fourth-order valence-electron chi connectivity index (χ4n) is 7.81. The lowest BCUT2D eigenvalue weighted by Crippen LogP contribution is -2.66. The van der Waals surface area contributed by atoms with Gasteiger partial charge in [0.05, 0.1) is 18.7 Å². The molecule has 2 aliphatic heterocycles. The molecule has 38 heavy (non-hydrogen) atoms. The number of aryl methyl sites for hydroxylation is 1. The fraction of sp³-hybridized carbons (Fsp3) is 0.594. The van der Waals surface area contributed by atoms with Crippen molar-refractivity contribution in [1.29, 1.82) is 0 Å². The number of benzene rings is 1. The van der Waals surface area contributed by atoms with Gasteiger partial charge in [-0.3, -0.25) is 9.69 Å². The summed E-state index contributed by atoms with van der Waals surface area (Å²) < 4.78 is 0.227. The number of amides is 2. The van der Waals surface area contributed by atoms with Crippen LogP contribution in [0.4, 0.5) is 11.5 Å². The van der Waals surface area contributed by atoms with Crippen LogP contribution in [0.15, 0.2) is 36.5 Å². The second-order valence-corrected chi connectivity index (χ2v) is 13.2. The van der Waals surface area contributed by atoms with Gasteiger partial charge in [-0.25, -0.2) is 14.3 Å². The van der Waals surface area contributed by atoms with E-state index in [2.05, 4.69) is 63.5 Å². The zero-order chi connectivity index (χ0) is 26.7. The van der Waals surface area contributed by atoms with Crippen molar-refractivity contribution in [2.24, 2.45) is 0 Å². The molecule has 2 amide bonds. The van der Waals surface area contributed by atoms with E-state index in [1.54, 1.807) is 0 Å². The molecule has 6 heteroatoms. The Morgan fingerprint density at radius 3 is 2.42 bits per heavy atom. The predicted molar refractivity (Wildman–Crippen MR) is 152 cm³/mol. The molecule has 1 aromatic carbocycles. The molecular weight excluding hydrogens is 472 g/mol. The largest absolute Gasteiger partial charge is 0.351 e. The van der Waals surface area contributed by atoms with Gasteiger partial charge in [0.25, 0.3) is 0 Å². The first-order valence-corrected chi connectivity index (χ1v) is 14.8. The first-order valence-electron chi connectivity index (χ1n) is 14.8. The van der Waals surface area contributed by atoms with Gasteiger partial charge in [0.15, 0.2) is 5.54 Å². The van der Waals surface area contributed by atoms with Crippen molar-refractivity contribution in [2.75, 3.05) is 18.5 Å². The highest BCUT2D eigenvalue weighted by molar-refractivity contribution is 6.13. The molecule has 2 unspecified atom stereocenters. The molecule has 6 rings (SSSR count). The first kappa shape index (κ1) is 25.7. The minimum absolute atomic E-state index is 0.00676. The summed E-state index contributed by atoms with van der Waals surface area (Å²) in [6.07, 6.45) is 11.7. The van der Waals surface area contributed by atoms with Crippen LogP contribution in [0.1, 0.15) is 95.2 Å². The van der Waals surface area contributed by atoms with Gasteiger partial charge in [0.1, 0.15) is 6.04 Å². The van der Waals surface area contributed by atoms with E-state index in [4.69, 9.17) is 4.98 Å². The molecule has 4 aliphatic rings. The number of aromatic nitrogens is 1. The number of carbonyl (C=O) groups excluding carboxylic acids is 2. The molecule has 1 N–H and O–H groups in total. The van der Waals surface area contributed by atoms with Crippen LogP contribution >= 0.6 is 0 Å². The summed E-state index contributed by atoms with van der Waals surface area (Å²) in [5, 5.41) is 3.44. The number of rotatable bonds is 4. The van der Waals surface area contributed by atoms with E-state index >= 15 is 4.79 Å². The molecule has 0 spiro atoms. The Morgan fingerprint density at radius 1 is 1.03 bits per heavy atom. The lowest BCUT2D eigenvalue weighted by molar-refractivity contribution is -0.139. The van der Waals surface area contributed by atoms with Crippen molar-refractivity contribution in [3.05, 3.63) is 53.2 Å². The zero-order valence-electron chi connectivity index (χ0n) is 23.6. The number of nitrogens with one attached hydrogen (secondary N) is 1. The number of hydrogen-bond donors (Lipinski definition) is 1. The molecule has 2 fully saturated rings. The van der Waals surface area contributed by atoms with E-state index in [0.29, 0.717) is 6.42 Å². The number of likely N-dealkylation sites (N-methyl/N-ethyl adjacent to an activating group) is 1. The number of nitrogens with zero attached hydrogens (tertiary/aromatic N) is 3. The van der Waals surface area contributed by atoms with E-state index in [1.807, 2.05) is 11.1 Å². The smallest absolute Gasteiger partial charge is 0.306 e. The monoisotopic (exact) mass is 515 g/mol. The third-order valence-electron chi connectivity index (χ3n) is 9.89. The van der Waals surface area contributed by atoms with Crippen molar-refractivity contribution < 1.29 is 9.59 Å².